The van der Waals surface area contributed by atoms with Crippen molar-refractivity contribution in [1.29, 1.82) is 0 Å². The first-order chi connectivity index (χ1) is 13.4. The molecule has 170 valence electrons. The molecule has 0 spiro atoms. The van der Waals surface area contributed by atoms with Crippen molar-refractivity contribution in [1.82, 2.24) is 0 Å². The first-order valence-corrected chi connectivity index (χ1v) is 13.5. The Morgan fingerprint density at radius 3 is 1.28 bits per heavy atom. The monoisotopic (exact) mass is 442 g/mol. The molecule has 0 saturated heterocycles. The van der Waals surface area contributed by atoms with Gasteiger partial charge in [-0.05, 0) is 25.7 Å². The summed E-state index contributed by atoms with van der Waals surface area (Å²) in [6.07, 6.45) is 19.2. The average Bonchev–Trinajstić information content (AvgIpc) is 2.64. The van der Waals surface area contributed by atoms with Crippen molar-refractivity contribution in [2.24, 2.45) is 0 Å². The molecule has 0 radical (unpaired) electrons. The summed E-state index contributed by atoms with van der Waals surface area (Å²) < 4.78 is 34.4. The van der Waals surface area contributed by atoms with E-state index in [1.54, 1.807) is 0 Å². The van der Waals surface area contributed by atoms with Gasteiger partial charge in [0.15, 0.2) is 0 Å². The molecular weight excluding hydrogens is 395 g/mol. The van der Waals surface area contributed by atoms with Crippen LogP contribution in [0.15, 0.2) is 0 Å². The minimum Gasteiger partial charge on any atom is -0.748 e. The molecule has 0 aromatic heterocycles. The molecule has 6 heteroatoms. The van der Waals surface area contributed by atoms with Gasteiger partial charge in [-0.3, -0.25) is 0 Å². The van der Waals surface area contributed by atoms with Crippen molar-refractivity contribution in [2.45, 2.75) is 147 Å². The maximum atomic E-state index is 11.5. The minimum atomic E-state index is -4.16. The zero-order valence-electron chi connectivity index (χ0n) is 19.7. The number of hydrogen-bond donors (Lipinski definition) is 1. The molecule has 4 nitrogen and oxygen atoms in total. The summed E-state index contributed by atoms with van der Waals surface area (Å²) in [7, 11) is -4.16. The topological polar surface area (TPSA) is 77.4 Å². The maximum Gasteiger partial charge on any atom is 1.00 e. The van der Waals surface area contributed by atoms with Crippen LogP contribution in [-0.4, -0.2) is 29.4 Å². The Morgan fingerprint density at radius 1 is 0.621 bits per heavy atom. The fraction of sp³-hybridized carbons (Fsp3) is 1.00. The minimum absolute atomic E-state index is 0. The Bertz CT molecular complexity index is 429. The molecule has 0 saturated carbocycles. The van der Waals surface area contributed by atoms with E-state index in [4.69, 9.17) is 0 Å². The van der Waals surface area contributed by atoms with E-state index in [2.05, 4.69) is 13.8 Å². The predicted molar refractivity (Wildman–Crippen MR) is 119 cm³/mol. The number of aliphatic hydroxyl groups excluding tert-OH is 1. The van der Waals surface area contributed by atoms with Crippen molar-refractivity contribution in [3.8, 4) is 0 Å². The van der Waals surface area contributed by atoms with Crippen LogP contribution in [0.5, 0.6) is 0 Å². The summed E-state index contributed by atoms with van der Waals surface area (Å²) >= 11 is 0. The summed E-state index contributed by atoms with van der Waals surface area (Å²) in [6, 6.07) is 0. The Labute approximate surface area is 204 Å². The standard InChI is InChI=1S/C23H48O4S.Na/c1-3-5-7-10-14-18-22(24)19-15-12-9-13-17-21-23(28(25,26)27)20-16-11-8-6-4-2;/h22-24H,3-21H2,1-2H3,(H,25,26,27);/q;+1/p-1. The summed E-state index contributed by atoms with van der Waals surface area (Å²) in [6.45, 7) is 4.36. The van der Waals surface area contributed by atoms with E-state index < -0.39 is 15.4 Å². The summed E-state index contributed by atoms with van der Waals surface area (Å²) in [4.78, 5) is 0. The molecule has 0 aliphatic carbocycles. The molecule has 0 aromatic carbocycles. The zero-order chi connectivity index (χ0) is 21.1. The maximum absolute atomic E-state index is 11.5. The van der Waals surface area contributed by atoms with Crippen LogP contribution in [0, 0.1) is 0 Å². The number of rotatable bonds is 21. The molecule has 0 aliphatic heterocycles. The molecule has 0 aliphatic rings. The number of aliphatic hydroxyl groups is 1. The van der Waals surface area contributed by atoms with Crippen LogP contribution in [0.3, 0.4) is 0 Å². The summed E-state index contributed by atoms with van der Waals surface area (Å²) in [5, 5.41) is 9.31. The van der Waals surface area contributed by atoms with E-state index in [9.17, 15) is 18.1 Å². The Balaban J connectivity index is 0. The van der Waals surface area contributed by atoms with Crippen molar-refractivity contribution >= 4 is 10.1 Å². The molecule has 2 unspecified atom stereocenters. The van der Waals surface area contributed by atoms with Crippen LogP contribution in [-0.2, 0) is 10.1 Å². The third-order valence-corrected chi connectivity index (χ3v) is 7.03. The van der Waals surface area contributed by atoms with E-state index in [0.29, 0.717) is 12.8 Å². The quantitative estimate of drug-likeness (QED) is 0.167. The molecule has 0 fully saturated rings. The van der Waals surface area contributed by atoms with E-state index >= 15 is 0 Å². The van der Waals surface area contributed by atoms with Crippen molar-refractivity contribution in [3.63, 3.8) is 0 Å². The Hall–Kier alpha value is 0.870. The number of hydrogen-bond acceptors (Lipinski definition) is 4. The fourth-order valence-corrected chi connectivity index (χ4v) is 4.73. The van der Waals surface area contributed by atoms with Gasteiger partial charge in [0.05, 0.1) is 16.2 Å². The van der Waals surface area contributed by atoms with Gasteiger partial charge in [0.25, 0.3) is 0 Å². The fourth-order valence-electron chi connectivity index (χ4n) is 3.82. The largest absolute Gasteiger partial charge is 1.00 e. The predicted octanol–water partition coefficient (Wildman–Crippen LogP) is 3.72. The van der Waals surface area contributed by atoms with Gasteiger partial charge in [0.2, 0.25) is 0 Å². The van der Waals surface area contributed by atoms with Crippen molar-refractivity contribution in [3.05, 3.63) is 0 Å². The van der Waals surface area contributed by atoms with Crippen molar-refractivity contribution in [2.75, 3.05) is 0 Å². The Morgan fingerprint density at radius 2 is 0.931 bits per heavy atom. The first-order valence-electron chi connectivity index (χ1n) is 12.0. The third kappa shape index (κ3) is 21.9. The molecule has 0 bridgehead atoms. The van der Waals surface area contributed by atoms with Crippen LogP contribution in [0.25, 0.3) is 0 Å². The van der Waals surface area contributed by atoms with Gasteiger partial charge >= 0.3 is 29.6 Å². The van der Waals surface area contributed by atoms with E-state index in [1.807, 2.05) is 0 Å². The van der Waals surface area contributed by atoms with Crippen LogP contribution in [0.2, 0.25) is 0 Å². The molecule has 0 amide bonds. The van der Waals surface area contributed by atoms with E-state index in [1.165, 1.54) is 38.5 Å². The third-order valence-electron chi connectivity index (χ3n) is 5.74. The van der Waals surface area contributed by atoms with Gasteiger partial charge in [0, 0.05) is 5.25 Å². The second kappa shape index (κ2) is 22.1. The molecule has 0 heterocycles. The summed E-state index contributed by atoms with van der Waals surface area (Å²) in [5.74, 6) is 0. The average molecular weight is 443 g/mol. The molecule has 1 N–H and O–H groups in total. The second-order valence-electron chi connectivity index (χ2n) is 8.52. The number of unbranched alkanes of at least 4 members (excludes halogenated alkanes) is 12. The second-order valence-corrected chi connectivity index (χ2v) is 10.2. The van der Waals surface area contributed by atoms with Gasteiger partial charge in [-0.15, -0.1) is 0 Å². The first kappa shape index (κ1) is 32.1. The van der Waals surface area contributed by atoms with Gasteiger partial charge in [-0.2, -0.15) is 0 Å². The van der Waals surface area contributed by atoms with Crippen LogP contribution >= 0.6 is 0 Å². The Kier molecular flexibility index (Phi) is 24.4. The smallest absolute Gasteiger partial charge is 0.748 e. The molecule has 29 heavy (non-hydrogen) atoms. The van der Waals surface area contributed by atoms with Crippen LogP contribution < -0.4 is 29.6 Å². The van der Waals surface area contributed by atoms with E-state index in [-0.39, 0.29) is 35.7 Å². The normalized spacial score (nSPS) is 13.8. The molecule has 2 atom stereocenters. The van der Waals surface area contributed by atoms with Crippen molar-refractivity contribution < 1.29 is 47.6 Å². The van der Waals surface area contributed by atoms with Crippen LogP contribution in [0.1, 0.15) is 136 Å². The van der Waals surface area contributed by atoms with Gasteiger partial charge < -0.3 is 9.66 Å². The van der Waals surface area contributed by atoms with Gasteiger partial charge in [0.1, 0.15) is 0 Å². The summed E-state index contributed by atoms with van der Waals surface area (Å²) in [5.41, 5.74) is 0. The van der Waals surface area contributed by atoms with Crippen LogP contribution in [0.4, 0.5) is 0 Å². The van der Waals surface area contributed by atoms with E-state index in [0.717, 1.165) is 70.6 Å². The molecule has 0 rings (SSSR count). The molecular formula is C23H47NaO4S. The zero-order valence-corrected chi connectivity index (χ0v) is 22.5. The molecule has 0 aromatic rings. The van der Waals surface area contributed by atoms with Gasteiger partial charge in [-0.1, -0.05) is 110 Å². The SMILES string of the molecule is CCCCCCCC(O)CCCCCCCC(CCCCCCC)S(=O)(=O)[O-].[Na+]. The van der Waals surface area contributed by atoms with Gasteiger partial charge in [-0.25, -0.2) is 8.42 Å².